The Kier molecular flexibility index (Phi) is 5.92. The maximum Gasteiger partial charge on any atom is 0.337 e. The van der Waals surface area contributed by atoms with Crippen LogP contribution in [-0.4, -0.2) is 21.5 Å². The number of rotatable bonds is 6. The van der Waals surface area contributed by atoms with Crippen molar-refractivity contribution in [2.24, 2.45) is 0 Å². The summed E-state index contributed by atoms with van der Waals surface area (Å²) in [5.41, 5.74) is 2.08. The summed E-state index contributed by atoms with van der Waals surface area (Å²) in [4.78, 5) is 11.6. The van der Waals surface area contributed by atoms with Gasteiger partial charge in [0.2, 0.25) is 10.0 Å². The van der Waals surface area contributed by atoms with Crippen LogP contribution in [0.25, 0.3) is 0 Å². The lowest BCUT2D eigenvalue weighted by Gasteiger charge is -2.15. The Morgan fingerprint density at radius 1 is 1.40 bits per heavy atom. The van der Waals surface area contributed by atoms with Crippen LogP contribution in [0.4, 0.5) is 4.39 Å². The number of carbonyl (C=O) groups excluding carboxylic acids is 1. The molecule has 2 rings (SSSR count). The van der Waals surface area contributed by atoms with Gasteiger partial charge in [0.1, 0.15) is 0 Å². The summed E-state index contributed by atoms with van der Waals surface area (Å²) in [6.45, 7) is 4.69. The molecule has 0 saturated carbocycles. The number of esters is 1. The van der Waals surface area contributed by atoms with Gasteiger partial charge >= 0.3 is 5.97 Å². The Morgan fingerprint density at radius 2 is 2.12 bits per heavy atom. The summed E-state index contributed by atoms with van der Waals surface area (Å²) >= 11 is 0. The monoisotopic (exact) mass is 365 g/mol. The minimum absolute atomic E-state index is 0.123. The molecule has 25 heavy (non-hydrogen) atoms. The minimum Gasteiger partial charge on any atom is -0.465 e. The fraction of sp³-hybridized carbons (Fsp3) is 0.278. The van der Waals surface area contributed by atoms with Crippen molar-refractivity contribution < 1.29 is 22.3 Å². The van der Waals surface area contributed by atoms with Crippen LogP contribution >= 0.6 is 0 Å². The molecule has 0 radical (unpaired) electrons. The molecular formula is C18H20FNO4S. The van der Waals surface area contributed by atoms with Crippen LogP contribution in [0.5, 0.6) is 0 Å². The second kappa shape index (κ2) is 7.76. The number of fused-ring (bicyclic) bond motifs is 1. The molecule has 7 heteroatoms. The van der Waals surface area contributed by atoms with E-state index in [-0.39, 0.29) is 4.91 Å². The molecule has 0 aliphatic heterocycles. The standard InChI is InChI=1S/C18H20FNO4S/c1-4-15(9-5-12(2)19)25(22,23)20-17-10-8-13-6-7-14(11-16(13)17)18(21)24-3/h4-7,9,11,17,20H,1,8,10H2,2-3H3. The van der Waals surface area contributed by atoms with Crippen molar-refractivity contribution in [3.05, 3.63) is 70.4 Å². The Morgan fingerprint density at radius 3 is 2.72 bits per heavy atom. The SMILES string of the molecule is C=CC(=CC=C(C)F)S(=O)(=O)NC1CCc2ccc(C(=O)OC)cc21. The van der Waals surface area contributed by atoms with Crippen molar-refractivity contribution in [3.63, 3.8) is 0 Å². The molecule has 1 unspecified atom stereocenters. The van der Waals surface area contributed by atoms with Crippen LogP contribution in [0.3, 0.4) is 0 Å². The molecule has 0 bridgehead atoms. The summed E-state index contributed by atoms with van der Waals surface area (Å²) in [7, 11) is -2.58. The lowest BCUT2D eigenvalue weighted by atomic mass is 10.0. The molecule has 0 spiro atoms. The third kappa shape index (κ3) is 4.43. The number of allylic oxidation sites excluding steroid dienone is 4. The highest BCUT2D eigenvalue weighted by Gasteiger charge is 2.28. The van der Waals surface area contributed by atoms with Crippen LogP contribution in [-0.2, 0) is 21.2 Å². The van der Waals surface area contributed by atoms with Gasteiger partial charge in [-0.2, -0.15) is 0 Å². The summed E-state index contributed by atoms with van der Waals surface area (Å²) in [5.74, 6) is -0.991. The summed E-state index contributed by atoms with van der Waals surface area (Å²) < 4.78 is 45.2. The van der Waals surface area contributed by atoms with Crippen LogP contribution < -0.4 is 4.72 Å². The van der Waals surface area contributed by atoms with Crippen molar-refractivity contribution in [3.8, 4) is 0 Å². The maximum atomic E-state index is 12.9. The first-order valence-corrected chi connectivity index (χ1v) is 9.17. The Balaban J connectivity index is 2.31. The molecule has 0 saturated heterocycles. The average Bonchev–Trinajstić information content (AvgIpc) is 2.95. The van der Waals surface area contributed by atoms with E-state index in [4.69, 9.17) is 4.74 Å². The molecule has 1 atom stereocenters. The first kappa shape index (κ1) is 19.1. The molecule has 1 aromatic carbocycles. The average molecular weight is 365 g/mol. The number of ether oxygens (including phenoxy) is 1. The molecule has 1 aliphatic rings. The highest BCUT2D eigenvalue weighted by molar-refractivity contribution is 7.93. The van der Waals surface area contributed by atoms with E-state index in [0.29, 0.717) is 18.4 Å². The van der Waals surface area contributed by atoms with E-state index in [0.717, 1.165) is 29.4 Å². The second-order valence-electron chi connectivity index (χ2n) is 5.64. The quantitative estimate of drug-likeness (QED) is 0.620. The van der Waals surface area contributed by atoms with E-state index < -0.39 is 27.9 Å². The number of nitrogens with one attached hydrogen (secondary N) is 1. The maximum absolute atomic E-state index is 12.9. The fourth-order valence-electron chi connectivity index (χ4n) is 2.69. The number of carbonyl (C=O) groups is 1. The van der Waals surface area contributed by atoms with Crippen molar-refractivity contribution in [2.75, 3.05) is 7.11 Å². The van der Waals surface area contributed by atoms with Crippen LogP contribution in [0.1, 0.15) is 40.9 Å². The predicted octanol–water partition coefficient (Wildman–Crippen LogP) is 3.32. The molecule has 0 amide bonds. The molecular weight excluding hydrogens is 345 g/mol. The van der Waals surface area contributed by atoms with E-state index in [1.165, 1.54) is 14.0 Å². The first-order valence-electron chi connectivity index (χ1n) is 7.68. The van der Waals surface area contributed by atoms with Gasteiger partial charge in [0.05, 0.1) is 23.4 Å². The number of hydrogen-bond acceptors (Lipinski definition) is 4. The lowest BCUT2D eigenvalue weighted by molar-refractivity contribution is 0.0600. The van der Waals surface area contributed by atoms with E-state index in [9.17, 15) is 17.6 Å². The van der Waals surface area contributed by atoms with E-state index >= 15 is 0 Å². The van der Waals surface area contributed by atoms with Crippen molar-refractivity contribution >= 4 is 16.0 Å². The summed E-state index contributed by atoms with van der Waals surface area (Å²) in [6.07, 6.45) is 4.64. The summed E-state index contributed by atoms with van der Waals surface area (Å²) in [5, 5.41) is 0. The van der Waals surface area contributed by atoms with E-state index in [1.54, 1.807) is 18.2 Å². The van der Waals surface area contributed by atoms with Crippen molar-refractivity contribution in [1.82, 2.24) is 4.72 Å². The highest BCUT2D eigenvalue weighted by atomic mass is 32.2. The van der Waals surface area contributed by atoms with E-state index in [1.807, 2.05) is 0 Å². The largest absolute Gasteiger partial charge is 0.465 e. The molecule has 0 aromatic heterocycles. The van der Waals surface area contributed by atoms with Gasteiger partial charge in [0, 0.05) is 6.04 Å². The number of aryl methyl sites for hydroxylation is 1. The van der Waals surface area contributed by atoms with Gasteiger partial charge in [-0.15, -0.1) is 0 Å². The van der Waals surface area contributed by atoms with Gasteiger partial charge < -0.3 is 4.74 Å². The smallest absolute Gasteiger partial charge is 0.337 e. The van der Waals surface area contributed by atoms with Crippen LogP contribution in [0, 0.1) is 0 Å². The molecule has 0 heterocycles. The Labute approximate surface area is 146 Å². The Hall–Kier alpha value is -2.25. The zero-order valence-corrected chi connectivity index (χ0v) is 14.9. The zero-order chi connectivity index (χ0) is 18.6. The fourth-order valence-corrected chi connectivity index (χ4v) is 3.91. The number of halogens is 1. The third-order valence-electron chi connectivity index (χ3n) is 3.93. The number of hydrogen-bond donors (Lipinski definition) is 1. The first-order chi connectivity index (χ1) is 11.8. The van der Waals surface area contributed by atoms with Gasteiger partial charge in [0.15, 0.2) is 0 Å². The van der Waals surface area contributed by atoms with Crippen molar-refractivity contribution in [2.45, 2.75) is 25.8 Å². The van der Waals surface area contributed by atoms with Gasteiger partial charge in [0.25, 0.3) is 0 Å². The predicted molar refractivity (Wildman–Crippen MR) is 94.0 cm³/mol. The van der Waals surface area contributed by atoms with Crippen LogP contribution in [0.2, 0.25) is 0 Å². The molecule has 134 valence electrons. The van der Waals surface area contributed by atoms with Gasteiger partial charge in [-0.3, -0.25) is 0 Å². The molecule has 1 N–H and O–H groups in total. The molecule has 1 aliphatic carbocycles. The zero-order valence-electron chi connectivity index (χ0n) is 14.1. The summed E-state index contributed by atoms with van der Waals surface area (Å²) in [6, 6.07) is 4.63. The number of sulfonamides is 1. The van der Waals surface area contributed by atoms with Gasteiger partial charge in [-0.25, -0.2) is 22.3 Å². The number of methoxy groups -OCH3 is 1. The molecule has 5 nitrogen and oxygen atoms in total. The van der Waals surface area contributed by atoms with Crippen LogP contribution in [0.15, 0.2) is 53.7 Å². The number of benzene rings is 1. The third-order valence-corrected chi connectivity index (χ3v) is 5.45. The molecule has 0 fully saturated rings. The normalized spacial score (nSPS) is 18.0. The van der Waals surface area contributed by atoms with Gasteiger partial charge in [-0.1, -0.05) is 12.6 Å². The molecule has 1 aromatic rings. The van der Waals surface area contributed by atoms with Gasteiger partial charge in [-0.05, 0) is 61.3 Å². The van der Waals surface area contributed by atoms with Crippen molar-refractivity contribution in [1.29, 1.82) is 0 Å². The second-order valence-corrected chi connectivity index (χ2v) is 7.36. The highest BCUT2D eigenvalue weighted by Crippen LogP contribution is 2.33. The van der Waals surface area contributed by atoms with E-state index in [2.05, 4.69) is 11.3 Å². The minimum atomic E-state index is -3.87. The Bertz CT molecular complexity index is 852. The lowest BCUT2D eigenvalue weighted by Crippen LogP contribution is -2.28. The topological polar surface area (TPSA) is 72.5 Å².